The molecule has 7 nitrogen and oxygen atoms in total. The van der Waals surface area contributed by atoms with Crippen LogP contribution in [0.2, 0.25) is 0 Å². The number of fused-ring (bicyclic) bond motifs is 1. The van der Waals surface area contributed by atoms with Gasteiger partial charge in [-0.25, -0.2) is 9.79 Å². The molecule has 10 heteroatoms. The highest BCUT2D eigenvalue weighted by molar-refractivity contribution is 9.10. The Labute approximate surface area is 224 Å². The van der Waals surface area contributed by atoms with Gasteiger partial charge in [-0.15, -0.1) is 0 Å². The number of aryl methyl sites for hydroxylation is 1. The van der Waals surface area contributed by atoms with Gasteiger partial charge in [-0.1, -0.05) is 43.6 Å². The van der Waals surface area contributed by atoms with Gasteiger partial charge in [-0.05, 0) is 68.1 Å². The van der Waals surface area contributed by atoms with E-state index in [0.29, 0.717) is 28.3 Å². The summed E-state index contributed by atoms with van der Waals surface area (Å²) in [6, 6.07) is 10.6. The maximum atomic E-state index is 13.0. The molecule has 1 N–H and O–H groups in total. The number of carbonyl (C=O) groups is 2. The summed E-state index contributed by atoms with van der Waals surface area (Å²) in [6.07, 6.45) is 1.88. The molecule has 182 valence electrons. The Morgan fingerprint density at radius 2 is 1.97 bits per heavy atom. The van der Waals surface area contributed by atoms with Crippen molar-refractivity contribution in [1.29, 1.82) is 0 Å². The molecule has 2 aromatic carbocycles. The maximum absolute atomic E-state index is 13.0. The second-order valence-corrected chi connectivity index (χ2v) is 10.5. The first kappa shape index (κ1) is 25.5. The van der Waals surface area contributed by atoms with E-state index in [1.165, 1.54) is 11.8 Å². The smallest absolute Gasteiger partial charge is 0.338 e. The van der Waals surface area contributed by atoms with Gasteiger partial charge in [0.2, 0.25) is 0 Å². The quantitative estimate of drug-likeness (QED) is 0.366. The molecular weight excluding hydrogens is 598 g/mol. The number of aliphatic imine (C=N–C) groups is 1. The molecule has 1 atom stereocenters. The molecule has 0 fully saturated rings. The topological polar surface area (TPSA) is 80.2 Å². The van der Waals surface area contributed by atoms with Gasteiger partial charge in [0.05, 0.1) is 23.9 Å². The average molecular weight is 621 g/mol. The zero-order valence-corrected chi connectivity index (χ0v) is 23.3. The van der Waals surface area contributed by atoms with Crippen molar-refractivity contribution in [2.24, 2.45) is 4.99 Å². The molecule has 0 aromatic heterocycles. The Kier molecular flexibility index (Phi) is 8.03. The number of hydrogen-bond donors (Lipinski definition) is 1. The van der Waals surface area contributed by atoms with Crippen LogP contribution in [0, 0.1) is 6.92 Å². The molecule has 0 radical (unpaired) electrons. The number of hydrogen-bond acceptors (Lipinski definition) is 7. The van der Waals surface area contributed by atoms with Crippen LogP contribution in [0.3, 0.4) is 0 Å². The summed E-state index contributed by atoms with van der Waals surface area (Å²) < 4.78 is 13.1. The number of nitrogens with one attached hydrogen (secondary N) is 1. The second-order valence-electron chi connectivity index (χ2n) is 7.81. The van der Waals surface area contributed by atoms with Crippen LogP contribution in [-0.2, 0) is 14.3 Å². The highest BCUT2D eigenvalue weighted by Crippen LogP contribution is 2.44. The third kappa shape index (κ3) is 5.65. The lowest BCUT2D eigenvalue weighted by Gasteiger charge is -2.34. The second kappa shape index (κ2) is 11.0. The van der Waals surface area contributed by atoms with Crippen LogP contribution in [0.1, 0.15) is 31.0 Å². The first-order valence-electron chi connectivity index (χ1n) is 10.8. The lowest BCUT2D eigenvalue weighted by Crippen LogP contribution is -2.34. The number of halogens is 2. The van der Waals surface area contributed by atoms with E-state index in [1.807, 2.05) is 53.8 Å². The fourth-order valence-corrected chi connectivity index (χ4v) is 5.22. The molecule has 2 aromatic rings. The molecule has 4 rings (SSSR count). The van der Waals surface area contributed by atoms with E-state index >= 15 is 0 Å². The molecule has 2 aliphatic heterocycles. The highest BCUT2D eigenvalue weighted by atomic mass is 79.9. The first-order valence-corrected chi connectivity index (χ1v) is 13.3. The molecule has 0 saturated heterocycles. The molecule has 35 heavy (non-hydrogen) atoms. The Bertz CT molecular complexity index is 1280. The number of nitrogens with zero attached hydrogens (tertiary/aromatic N) is 2. The fourth-order valence-electron chi connectivity index (χ4n) is 3.80. The fraction of sp³-hybridized carbons (Fsp3) is 0.240. The minimum absolute atomic E-state index is 0.195. The molecule has 2 aliphatic rings. The normalized spacial score (nSPS) is 16.7. The summed E-state index contributed by atoms with van der Waals surface area (Å²) in [5, 5.41) is 5.53. The van der Waals surface area contributed by atoms with E-state index in [9.17, 15) is 9.59 Å². The molecule has 0 saturated carbocycles. The number of anilines is 1. The molecule has 0 bridgehead atoms. The summed E-state index contributed by atoms with van der Waals surface area (Å²) in [5.74, 6) is -0.237. The molecule has 2 heterocycles. The number of amidine groups is 1. The van der Waals surface area contributed by atoms with Gasteiger partial charge in [-0.3, -0.25) is 4.79 Å². The number of amides is 1. The lowest BCUT2D eigenvalue weighted by molar-refractivity contribution is -0.139. The minimum Gasteiger partial charge on any atom is -0.483 e. The highest BCUT2D eigenvalue weighted by Gasteiger charge is 2.39. The number of rotatable bonds is 7. The first-order chi connectivity index (χ1) is 16.8. The van der Waals surface area contributed by atoms with Crippen molar-refractivity contribution >= 4 is 66.4 Å². The largest absolute Gasteiger partial charge is 0.483 e. The zero-order valence-electron chi connectivity index (χ0n) is 19.3. The maximum Gasteiger partial charge on any atom is 0.338 e. The van der Waals surface area contributed by atoms with Crippen molar-refractivity contribution in [2.75, 3.05) is 18.5 Å². The summed E-state index contributed by atoms with van der Waals surface area (Å²) >= 11 is 8.47. The Morgan fingerprint density at radius 3 is 2.71 bits per heavy atom. The van der Waals surface area contributed by atoms with Gasteiger partial charge in [-0.2, -0.15) is 0 Å². The molecule has 0 aliphatic carbocycles. The van der Waals surface area contributed by atoms with E-state index in [2.05, 4.69) is 42.2 Å². The van der Waals surface area contributed by atoms with Crippen molar-refractivity contribution in [2.45, 2.75) is 26.8 Å². The predicted molar refractivity (Wildman–Crippen MR) is 145 cm³/mol. The molecule has 0 unspecified atom stereocenters. The van der Waals surface area contributed by atoms with E-state index in [4.69, 9.17) is 9.47 Å². The van der Waals surface area contributed by atoms with Crippen LogP contribution in [0.5, 0.6) is 5.75 Å². The summed E-state index contributed by atoms with van der Waals surface area (Å²) in [6.45, 7) is 5.58. The summed E-state index contributed by atoms with van der Waals surface area (Å²) in [5.41, 5.74) is 3.43. The summed E-state index contributed by atoms with van der Waals surface area (Å²) in [7, 11) is 0. The lowest BCUT2D eigenvalue weighted by atomic mass is 9.94. The Morgan fingerprint density at radius 1 is 1.17 bits per heavy atom. The van der Waals surface area contributed by atoms with Crippen LogP contribution >= 0.6 is 43.6 Å². The average Bonchev–Trinajstić information content (AvgIpc) is 3.28. The standard InChI is InChI=1S/C25H23Br2N3O4S/c1-4-33-24(32)22-15(3)28-25-30(9-10-35-25)23(22)18-12-16(26)5-8-20(18)34-13-21(31)29-17-6-7-19(27)14(2)11-17/h5-12,23H,4,13H2,1-3H3,(H,29,31)/t23-/m0/s1. The van der Waals surface area contributed by atoms with Gasteiger partial charge in [0.25, 0.3) is 5.91 Å². The van der Waals surface area contributed by atoms with Crippen LogP contribution in [0.25, 0.3) is 0 Å². The number of allylic oxidation sites excluding steroid dienone is 1. The van der Waals surface area contributed by atoms with Crippen molar-refractivity contribution in [3.8, 4) is 5.75 Å². The van der Waals surface area contributed by atoms with E-state index in [0.717, 1.165) is 19.7 Å². The van der Waals surface area contributed by atoms with E-state index < -0.39 is 12.0 Å². The third-order valence-electron chi connectivity index (χ3n) is 5.38. The Hall–Kier alpha value is -2.56. The SMILES string of the molecule is CCOC(=O)C1=C(C)N=C2SC=CN2[C@H]1c1cc(Br)ccc1OCC(=O)Nc1ccc(Br)c(C)c1. The predicted octanol–water partition coefficient (Wildman–Crippen LogP) is 6.31. The molecule has 1 amide bonds. The monoisotopic (exact) mass is 619 g/mol. The number of thioether (sulfide) groups is 1. The molecular formula is C25H23Br2N3O4S. The van der Waals surface area contributed by atoms with Crippen molar-refractivity contribution in [3.63, 3.8) is 0 Å². The van der Waals surface area contributed by atoms with E-state index in [1.54, 1.807) is 19.9 Å². The van der Waals surface area contributed by atoms with Crippen molar-refractivity contribution in [3.05, 3.63) is 79.3 Å². The van der Waals surface area contributed by atoms with Gasteiger partial charge in [0.1, 0.15) is 5.75 Å². The van der Waals surface area contributed by atoms with Crippen LogP contribution in [0.15, 0.2) is 73.2 Å². The number of carbonyl (C=O) groups excluding carboxylic acids is 2. The Balaban J connectivity index is 1.62. The van der Waals surface area contributed by atoms with Gasteiger partial charge in [0.15, 0.2) is 11.8 Å². The number of ether oxygens (including phenoxy) is 2. The van der Waals surface area contributed by atoms with Crippen molar-refractivity contribution < 1.29 is 19.1 Å². The third-order valence-corrected chi connectivity index (χ3v) is 7.54. The molecule has 0 spiro atoms. The van der Waals surface area contributed by atoms with Crippen molar-refractivity contribution in [1.82, 2.24) is 4.90 Å². The van der Waals surface area contributed by atoms with E-state index in [-0.39, 0.29) is 19.1 Å². The van der Waals surface area contributed by atoms with Gasteiger partial charge in [0, 0.05) is 26.4 Å². The minimum atomic E-state index is -0.516. The summed E-state index contributed by atoms with van der Waals surface area (Å²) in [4.78, 5) is 32.1. The zero-order chi connectivity index (χ0) is 25.1. The van der Waals surface area contributed by atoms with Crippen LogP contribution in [-0.4, -0.2) is 35.2 Å². The van der Waals surface area contributed by atoms with Crippen LogP contribution in [0.4, 0.5) is 5.69 Å². The van der Waals surface area contributed by atoms with Gasteiger partial charge >= 0.3 is 5.97 Å². The van der Waals surface area contributed by atoms with Crippen LogP contribution < -0.4 is 10.1 Å². The number of benzene rings is 2. The number of esters is 1. The van der Waals surface area contributed by atoms with Gasteiger partial charge < -0.3 is 19.7 Å².